The highest BCUT2D eigenvalue weighted by molar-refractivity contribution is 6.40. The van der Waals surface area contributed by atoms with E-state index in [1.807, 2.05) is 103 Å². The molecule has 53 heavy (non-hydrogen) atoms. The topological polar surface area (TPSA) is 132 Å². The number of hydrogen-bond donors (Lipinski definition) is 2. The molecule has 2 saturated heterocycles. The first kappa shape index (κ1) is 36.3. The number of ether oxygens (including phenoxy) is 3. The van der Waals surface area contributed by atoms with Gasteiger partial charge in [0, 0.05) is 12.0 Å². The Bertz CT molecular complexity index is 2080. The summed E-state index contributed by atoms with van der Waals surface area (Å²) >= 11 is 12.5. The van der Waals surface area contributed by atoms with Crippen LogP contribution in [0.5, 0.6) is 0 Å². The fraction of sp³-hybridized carbons (Fsp3) is 0.250. The van der Waals surface area contributed by atoms with E-state index in [4.69, 9.17) is 37.4 Å². The molecule has 0 radical (unpaired) electrons. The number of imide groups is 1. The van der Waals surface area contributed by atoms with Crippen LogP contribution in [0.1, 0.15) is 53.1 Å². The standard InChI is InChI=1S/C40H36Cl2N4O7/c41-36-37(42)45(24-43-36)21-31-18-34(28-12-10-25(22-47)11-13-28)53-39(52-31)29-16-14-27(15-17-29)32-9-5-4-8-30(32)20-46-35(48)19-33(38(46)49)44-40(50)51-23-26-6-2-1-3-7-26/h1-17,24,31,33-34,39,47H,18-23H2,(H,44,50). The highest BCUT2D eigenvalue weighted by Crippen LogP contribution is 2.39. The number of carbonyl (C=O) groups excluding carboxylic acids is 3. The molecular weight excluding hydrogens is 719 g/mol. The van der Waals surface area contributed by atoms with Crippen molar-refractivity contribution in [1.82, 2.24) is 19.8 Å². The molecule has 11 nitrogen and oxygen atoms in total. The zero-order valence-corrected chi connectivity index (χ0v) is 30.0. The van der Waals surface area contributed by atoms with Crippen LogP contribution in [0.15, 0.2) is 109 Å². The summed E-state index contributed by atoms with van der Waals surface area (Å²) < 4.78 is 20.0. The maximum atomic E-state index is 13.3. The molecule has 0 aliphatic carbocycles. The summed E-state index contributed by atoms with van der Waals surface area (Å²) in [5.74, 6) is -0.868. The van der Waals surface area contributed by atoms with Crippen LogP contribution in [0, 0.1) is 0 Å². The summed E-state index contributed by atoms with van der Waals surface area (Å²) in [6, 6.07) is 31.1. The van der Waals surface area contributed by atoms with Crippen molar-refractivity contribution in [3.63, 3.8) is 0 Å². The van der Waals surface area contributed by atoms with E-state index in [9.17, 15) is 19.5 Å². The lowest BCUT2D eigenvalue weighted by molar-refractivity contribution is -0.252. The Labute approximate surface area is 316 Å². The number of hydrogen-bond acceptors (Lipinski definition) is 8. The van der Waals surface area contributed by atoms with Crippen molar-refractivity contribution >= 4 is 41.1 Å². The van der Waals surface area contributed by atoms with Crippen molar-refractivity contribution in [3.05, 3.63) is 148 Å². The summed E-state index contributed by atoms with van der Waals surface area (Å²) in [4.78, 5) is 44.0. The Kier molecular flexibility index (Phi) is 11.2. The Hall–Kier alpha value is -5.04. The maximum Gasteiger partial charge on any atom is 0.408 e. The number of nitrogens with zero attached hydrogens (tertiary/aromatic N) is 3. The van der Waals surface area contributed by atoms with E-state index in [1.165, 1.54) is 4.90 Å². The van der Waals surface area contributed by atoms with E-state index in [1.54, 1.807) is 10.9 Å². The van der Waals surface area contributed by atoms with Gasteiger partial charge in [-0.25, -0.2) is 9.78 Å². The summed E-state index contributed by atoms with van der Waals surface area (Å²) in [7, 11) is 0. The van der Waals surface area contributed by atoms with Gasteiger partial charge in [-0.1, -0.05) is 126 Å². The molecule has 3 heterocycles. The maximum absolute atomic E-state index is 13.3. The number of nitrogens with one attached hydrogen (secondary N) is 1. The number of aliphatic hydroxyl groups excluding tert-OH is 1. The quantitative estimate of drug-likeness (QED) is 0.136. The second-order valence-electron chi connectivity index (χ2n) is 12.9. The molecule has 2 fully saturated rings. The molecule has 0 bridgehead atoms. The summed E-state index contributed by atoms with van der Waals surface area (Å²) in [5, 5.41) is 12.6. The first-order valence-corrected chi connectivity index (χ1v) is 17.9. The van der Waals surface area contributed by atoms with Gasteiger partial charge in [-0.3, -0.25) is 14.5 Å². The van der Waals surface area contributed by atoms with Gasteiger partial charge in [-0.05, 0) is 33.4 Å². The number of aromatic nitrogens is 2. The predicted molar refractivity (Wildman–Crippen MR) is 196 cm³/mol. The minimum absolute atomic E-state index is 0.0426. The third-order valence-electron chi connectivity index (χ3n) is 9.34. The van der Waals surface area contributed by atoms with Crippen LogP contribution in [0.2, 0.25) is 10.3 Å². The van der Waals surface area contributed by atoms with Gasteiger partial charge in [-0.2, -0.15) is 0 Å². The average molecular weight is 756 g/mol. The average Bonchev–Trinajstić information content (AvgIpc) is 3.64. The zero-order valence-electron chi connectivity index (χ0n) is 28.4. The number of halogens is 2. The number of likely N-dealkylation sites (tertiary alicyclic amines) is 1. The second-order valence-corrected chi connectivity index (χ2v) is 13.6. The summed E-state index contributed by atoms with van der Waals surface area (Å²) in [6.45, 7) is 0.450. The Balaban J connectivity index is 1.05. The molecule has 272 valence electrons. The number of rotatable bonds is 11. The number of imidazole rings is 1. The second kappa shape index (κ2) is 16.3. The molecule has 7 rings (SSSR count). The van der Waals surface area contributed by atoms with Gasteiger partial charge in [0.05, 0.1) is 44.7 Å². The van der Waals surface area contributed by atoms with Crippen molar-refractivity contribution in [2.45, 2.75) is 63.7 Å². The molecule has 1 aromatic heterocycles. The van der Waals surface area contributed by atoms with Crippen molar-refractivity contribution < 1.29 is 33.7 Å². The first-order chi connectivity index (χ1) is 25.7. The van der Waals surface area contributed by atoms with Gasteiger partial charge < -0.3 is 29.2 Å². The van der Waals surface area contributed by atoms with Crippen molar-refractivity contribution in [2.24, 2.45) is 0 Å². The van der Waals surface area contributed by atoms with Crippen LogP contribution in [0.25, 0.3) is 11.1 Å². The molecule has 2 aliphatic rings. The Morgan fingerprint density at radius 1 is 0.887 bits per heavy atom. The van der Waals surface area contributed by atoms with E-state index in [2.05, 4.69) is 10.3 Å². The Morgan fingerprint density at radius 3 is 2.32 bits per heavy atom. The molecule has 0 spiro atoms. The number of carbonyl (C=O) groups is 3. The highest BCUT2D eigenvalue weighted by atomic mass is 35.5. The van der Waals surface area contributed by atoms with E-state index in [0.29, 0.717) is 18.1 Å². The smallest absolute Gasteiger partial charge is 0.408 e. The van der Waals surface area contributed by atoms with Crippen LogP contribution < -0.4 is 5.32 Å². The van der Waals surface area contributed by atoms with Crippen LogP contribution in [0.4, 0.5) is 4.79 Å². The SMILES string of the molecule is O=C(NC1CC(=O)N(Cc2ccccc2-c2ccc(C3OC(Cn4cnc(Cl)c4Cl)CC(c4ccc(CO)cc4)O3)cc2)C1=O)OCc1ccccc1. The van der Waals surface area contributed by atoms with E-state index < -0.39 is 24.3 Å². The predicted octanol–water partition coefficient (Wildman–Crippen LogP) is 7.15. The fourth-order valence-corrected chi connectivity index (χ4v) is 6.84. The van der Waals surface area contributed by atoms with Crippen LogP contribution >= 0.6 is 23.2 Å². The van der Waals surface area contributed by atoms with Crippen LogP contribution in [-0.2, 0) is 50.1 Å². The zero-order chi connectivity index (χ0) is 36.9. The Morgan fingerprint density at radius 2 is 1.60 bits per heavy atom. The molecule has 2 N–H and O–H groups in total. The monoisotopic (exact) mass is 754 g/mol. The van der Waals surface area contributed by atoms with Gasteiger partial charge in [0.25, 0.3) is 5.91 Å². The fourth-order valence-electron chi connectivity index (χ4n) is 6.52. The molecular formula is C40H36Cl2N4O7. The number of amides is 3. The summed E-state index contributed by atoms with van der Waals surface area (Å²) in [5.41, 5.74) is 5.83. The van der Waals surface area contributed by atoms with Gasteiger partial charge in [-0.15, -0.1) is 0 Å². The van der Waals surface area contributed by atoms with Crippen molar-refractivity contribution in [2.75, 3.05) is 0 Å². The van der Waals surface area contributed by atoms with E-state index in [-0.39, 0.29) is 49.4 Å². The normalized spacial score (nSPS) is 20.1. The highest BCUT2D eigenvalue weighted by Gasteiger charge is 2.40. The van der Waals surface area contributed by atoms with Gasteiger partial charge in [0.1, 0.15) is 17.8 Å². The number of aliphatic hydroxyl groups is 1. The van der Waals surface area contributed by atoms with Crippen LogP contribution in [0.3, 0.4) is 0 Å². The molecule has 0 saturated carbocycles. The third kappa shape index (κ3) is 8.45. The summed E-state index contributed by atoms with van der Waals surface area (Å²) in [6.07, 6.45) is -0.0842. The number of benzene rings is 4. The third-order valence-corrected chi connectivity index (χ3v) is 10.1. The van der Waals surface area contributed by atoms with Gasteiger partial charge in [0.15, 0.2) is 11.4 Å². The van der Waals surface area contributed by atoms with Gasteiger partial charge >= 0.3 is 6.09 Å². The number of alkyl carbamates (subject to hydrolysis) is 1. The molecule has 5 aromatic rings. The van der Waals surface area contributed by atoms with Crippen molar-refractivity contribution in [1.29, 1.82) is 0 Å². The van der Waals surface area contributed by atoms with Crippen LogP contribution in [-0.4, -0.2) is 49.6 Å². The lowest BCUT2D eigenvalue weighted by atomic mass is 9.97. The molecule has 4 unspecified atom stereocenters. The first-order valence-electron chi connectivity index (χ1n) is 17.1. The molecule has 2 aliphatic heterocycles. The molecule has 4 atom stereocenters. The molecule has 13 heteroatoms. The largest absolute Gasteiger partial charge is 0.445 e. The van der Waals surface area contributed by atoms with E-state index >= 15 is 0 Å². The molecule has 4 aromatic carbocycles. The van der Waals surface area contributed by atoms with Gasteiger partial charge in [0.2, 0.25) is 5.91 Å². The minimum Gasteiger partial charge on any atom is -0.445 e. The lowest BCUT2D eigenvalue weighted by Gasteiger charge is -2.36. The molecule has 3 amide bonds. The minimum atomic E-state index is -1.00. The van der Waals surface area contributed by atoms with Crippen molar-refractivity contribution in [3.8, 4) is 11.1 Å². The lowest BCUT2D eigenvalue weighted by Crippen LogP contribution is -2.41. The van der Waals surface area contributed by atoms with E-state index in [0.717, 1.165) is 38.9 Å².